The average Bonchev–Trinajstić information content (AvgIpc) is 3.70. The molecule has 8 N–H and O–H groups in total. The van der Waals surface area contributed by atoms with E-state index >= 15 is 0 Å². The Hall–Kier alpha value is -5.99. The summed E-state index contributed by atoms with van der Waals surface area (Å²) >= 11 is 0. The van der Waals surface area contributed by atoms with Crippen LogP contribution in [0.15, 0.2) is 76.9 Å². The van der Waals surface area contributed by atoms with Crippen molar-refractivity contribution in [2.75, 3.05) is 19.9 Å². The highest BCUT2D eigenvalue weighted by molar-refractivity contribution is 6.68. The number of aliphatic hydroxyl groups excluding tert-OH is 4. The fourth-order valence-corrected chi connectivity index (χ4v) is 9.68. The quantitative estimate of drug-likeness (QED) is 0.107. The number of amidine groups is 1. The highest BCUT2D eigenvalue weighted by Gasteiger charge is 2.62. The number of hydrogen-bond acceptors (Lipinski definition) is 15. The molecule has 8 unspecified atom stereocenters. The fraction of sp³-hybridized carbons (Fsp3) is 0.400. The first-order valence-electron chi connectivity index (χ1n) is 20.9. The van der Waals surface area contributed by atoms with Crippen molar-refractivity contribution in [1.29, 1.82) is 5.41 Å². The van der Waals surface area contributed by atoms with Gasteiger partial charge in [0.25, 0.3) is 11.7 Å². The van der Waals surface area contributed by atoms with Crippen LogP contribution in [-0.2, 0) is 19.1 Å². The van der Waals surface area contributed by atoms with Crippen LogP contribution in [-0.4, -0.2) is 129 Å². The number of fused-ring (bicyclic) bond motifs is 7. The lowest BCUT2D eigenvalue weighted by Crippen LogP contribution is -3.09. The van der Waals surface area contributed by atoms with Crippen molar-refractivity contribution < 1.29 is 68.6 Å². The number of rotatable bonds is 9. The molecule has 1 saturated heterocycles. The van der Waals surface area contributed by atoms with Gasteiger partial charge in [0.05, 0.1) is 17.9 Å². The van der Waals surface area contributed by atoms with E-state index in [1.807, 2.05) is 0 Å². The highest BCUT2D eigenvalue weighted by Crippen LogP contribution is 2.51. The number of carbonyl (C=O) groups excluding carboxylic acids is 4. The molecule has 2 fully saturated rings. The second kappa shape index (κ2) is 16.6. The first kappa shape index (κ1) is 42.3. The van der Waals surface area contributed by atoms with Crippen LogP contribution in [0.1, 0.15) is 93.8 Å². The van der Waals surface area contributed by atoms with Gasteiger partial charge in [0.1, 0.15) is 42.5 Å². The minimum absolute atomic E-state index is 0.0176. The van der Waals surface area contributed by atoms with Gasteiger partial charge in [-0.3, -0.25) is 25.1 Å². The van der Waals surface area contributed by atoms with Gasteiger partial charge in [-0.15, -0.1) is 0 Å². The molecular formula is C45H46N5O13+. The van der Waals surface area contributed by atoms with Crippen molar-refractivity contribution >= 4 is 47.0 Å². The highest BCUT2D eigenvalue weighted by atomic mass is 16.7. The predicted molar refractivity (Wildman–Crippen MR) is 220 cm³/mol. The Morgan fingerprint density at radius 3 is 2.48 bits per heavy atom. The summed E-state index contributed by atoms with van der Waals surface area (Å²) < 4.78 is 26.4. The first-order valence-corrected chi connectivity index (χ1v) is 20.9. The van der Waals surface area contributed by atoms with Crippen LogP contribution in [0.2, 0.25) is 0 Å². The molecule has 3 aromatic carbocycles. The van der Waals surface area contributed by atoms with Gasteiger partial charge >= 0.3 is 0 Å². The Bertz CT molecular complexity index is 2500. The molecular weight excluding hydrogens is 819 g/mol. The monoisotopic (exact) mass is 864 g/mol. The van der Waals surface area contributed by atoms with Crippen LogP contribution in [0.4, 0.5) is 5.69 Å². The number of hydrogen-bond donors (Lipinski definition) is 8. The fourth-order valence-electron chi connectivity index (χ4n) is 9.68. The number of guanidine groups is 1. The number of nitrogens with one attached hydrogen (secondary N) is 3. The Morgan fingerprint density at radius 2 is 1.73 bits per heavy atom. The van der Waals surface area contributed by atoms with Crippen LogP contribution in [0.25, 0.3) is 0 Å². The summed E-state index contributed by atoms with van der Waals surface area (Å²) in [6, 6.07) is 14.8. The Balaban J connectivity index is 1.33. The number of para-hydroxylation sites is 1. The molecule has 4 aliphatic heterocycles. The van der Waals surface area contributed by atoms with Crippen LogP contribution in [0, 0.1) is 5.41 Å². The molecule has 3 aromatic rings. The second-order valence-electron chi connectivity index (χ2n) is 16.6. The molecule has 6 aliphatic rings. The van der Waals surface area contributed by atoms with E-state index in [2.05, 4.69) is 15.3 Å². The number of amides is 1. The molecule has 1 saturated carbocycles. The maximum Gasteiger partial charge on any atom is 0.284 e. The minimum Gasteiger partial charge on any atom is -0.492 e. The van der Waals surface area contributed by atoms with Gasteiger partial charge in [0.15, 0.2) is 35.3 Å². The van der Waals surface area contributed by atoms with E-state index in [-0.39, 0.29) is 69.9 Å². The number of carbonyl (C=O) groups is 4. The number of quaternary nitrogens is 1. The average molecular weight is 865 g/mol. The Kier molecular flexibility index (Phi) is 11.2. The van der Waals surface area contributed by atoms with Gasteiger partial charge in [-0.05, 0) is 43.9 Å². The number of nitrogens with zero attached hydrogens (tertiary/aromatic N) is 2. The third kappa shape index (κ3) is 7.07. The standard InChI is InChI=1S/C45H45N5O13/c46-43-48-40-32(41(58)49-43)47-22-50(40)30-11-5-4-8-25(30)24-13-19-61-44(14-6-1-7-15-44)39-35(56)38(57)45(59,16-18-52)42(63-39)62-36-28(24)20-29-31(37(36)60-21-23(53)12-17-51)34(55)27-10-3-2-9-26(27)33(29)54/h2-5,8-11,13,17,19-20,23-24,35,38-39,42,52-53,56-57,59H,1,6-7,12,14-16,18,21-22H2,(H2,46,49,58)/p+1. The second-order valence-corrected chi connectivity index (χ2v) is 16.6. The number of benzene rings is 3. The van der Waals surface area contributed by atoms with Gasteiger partial charge in [-0.2, -0.15) is 4.99 Å². The van der Waals surface area contributed by atoms with E-state index in [4.69, 9.17) is 24.4 Å². The number of aliphatic hydroxyl groups is 5. The lowest BCUT2D eigenvalue weighted by Gasteiger charge is -2.53. The van der Waals surface area contributed by atoms with Crippen molar-refractivity contribution in [3.05, 3.63) is 100 Å². The van der Waals surface area contributed by atoms with E-state index < -0.39 is 84.9 Å². The molecule has 0 aromatic heterocycles. The molecule has 18 heteroatoms. The number of ether oxygens (including phenoxy) is 4. The summed E-state index contributed by atoms with van der Waals surface area (Å²) in [4.78, 5) is 63.0. The Labute approximate surface area is 360 Å². The van der Waals surface area contributed by atoms with Gasteiger partial charge < -0.3 is 49.3 Å². The van der Waals surface area contributed by atoms with E-state index in [0.717, 1.165) is 6.42 Å². The third-order valence-corrected chi connectivity index (χ3v) is 12.8. The number of ketones is 2. The number of aldehydes is 1. The molecule has 4 heterocycles. The molecule has 18 nitrogen and oxygen atoms in total. The summed E-state index contributed by atoms with van der Waals surface area (Å²) in [5.41, 5.74) is -2.70. The largest absolute Gasteiger partial charge is 0.492 e. The van der Waals surface area contributed by atoms with Crippen LogP contribution in [0.5, 0.6) is 11.5 Å². The summed E-state index contributed by atoms with van der Waals surface area (Å²) in [7, 11) is 0. The van der Waals surface area contributed by atoms with Gasteiger partial charge in [0, 0.05) is 53.2 Å². The molecule has 8 atom stereocenters. The molecule has 2 bridgehead atoms. The summed E-state index contributed by atoms with van der Waals surface area (Å²) in [5.74, 6) is -3.58. The summed E-state index contributed by atoms with van der Waals surface area (Å²) in [6.45, 7) is -1.24. The van der Waals surface area contributed by atoms with Crippen molar-refractivity contribution in [1.82, 2.24) is 5.32 Å². The molecule has 9 rings (SSSR count). The minimum atomic E-state index is -2.50. The van der Waals surface area contributed by atoms with Crippen LogP contribution < -0.4 is 19.7 Å². The molecule has 1 spiro atoms. The summed E-state index contributed by atoms with van der Waals surface area (Å²) in [5, 5.41) is 67.7. The SMILES string of the molecule is N=C1N=C2C(=NC[NH+]2c2ccccc2C2C=COC3(CCCCC3)C3OC(Oc4c2cc2c(c4OCC(O)CC=O)C(=O)c4ccccc4C2=O)C(O)(CCO)C(O)C3O)C(=O)N1. The molecule has 0 radical (unpaired) electrons. The van der Waals surface area contributed by atoms with Crippen molar-refractivity contribution in [2.24, 2.45) is 9.98 Å². The van der Waals surface area contributed by atoms with E-state index in [1.165, 1.54) is 24.5 Å². The topological polar surface area (TPSA) is 271 Å². The third-order valence-electron chi connectivity index (χ3n) is 12.8. The zero-order valence-corrected chi connectivity index (χ0v) is 33.9. The molecule has 1 amide bonds. The van der Waals surface area contributed by atoms with Crippen molar-refractivity contribution in [2.45, 2.75) is 92.8 Å². The van der Waals surface area contributed by atoms with Gasteiger partial charge in [-0.1, -0.05) is 48.9 Å². The van der Waals surface area contributed by atoms with Gasteiger partial charge in [-0.25, -0.2) is 9.89 Å². The first-order chi connectivity index (χ1) is 30.4. The predicted octanol–water partition coefficient (Wildman–Crippen LogP) is 0.500. The van der Waals surface area contributed by atoms with E-state index in [9.17, 15) is 44.7 Å². The summed E-state index contributed by atoms with van der Waals surface area (Å²) in [6.07, 6.45) is -2.63. The smallest absolute Gasteiger partial charge is 0.284 e. The lowest BCUT2D eigenvalue weighted by atomic mass is 9.73. The van der Waals surface area contributed by atoms with Crippen molar-refractivity contribution in [3.63, 3.8) is 0 Å². The normalized spacial score (nSPS) is 28.7. The lowest BCUT2D eigenvalue weighted by molar-refractivity contribution is -0.723. The zero-order chi connectivity index (χ0) is 44.2. The molecule has 63 heavy (non-hydrogen) atoms. The van der Waals surface area contributed by atoms with Crippen molar-refractivity contribution in [3.8, 4) is 11.5 Å². The maximum atomic E-state index is 14.7. The zero-order valence-electron chi connectivity index (χ0n) is 33.9. The molecule has 2 aliphatic carbocycles. The molecule has 328 valence electrons. The van der Waals surface area contributed by atoms with E-state index in [0.29, 0.717) is 48.1 Å². The van der Waals surface area contributed by atoms with Crippen LogP contribution in [0.3, 0.4) is 0 Å². The number of aliphatic imine (C=N–C) groups is 2. The van der Waals surface area contributed by atoms with Crippen LogP contribution >= 0.6 is 0 Å². The Morgan fingerprint density at radius 1 is 1.00 bits per heavy atom. The maximum absolute atomic E-state index is 14.7. The van der Waals surface area contributed by atoms with Gasteiger partial charge in [0.2, 0.25) is 18.0 Å². The van der Waals surface area contributed by atoms with E-state index in [1.54, 1.807) is 42.5 Å². The number of allylic oxidation sites excluding steroid dienone is 1.